The molecule has 1 aromatic rings. The van der Waals surface area contributed by atoms with Crippen LogP contribution >= 0.6 is 0 Å². The standard InChI is InChI=1S/C17H27N3O/c1-19(14-15-6-3-2-4-7-15)11-5-8-17(21)20-12-9-16(18)10-13-20/h2-4,6-7,16H,5,8-14,18H2,1H3. The number of piperidine rings is 1. The van der Waals surface area contributed by atoms with E-state index in [-0.39, 0.29) is 11.9 Å². The van der Waals surface area contributed by atoms with Gasteiger partial charge in [-0.05, 0) is 38.4 Å². The highest BCUT2D eigenvalue weighted by Crippen LogP contribution is 2.11. The minimum absolute atomic E-state index is 0.283. The van der Waals surface area contributed by atoms with Crippen molar-refractivity contribution in [3.63, 3.8) is 0 Å². The first-order chi connectivity index (χ1) is 10.1. The fourth-order valence-electron chi connectivity index (χ4n) is 2.78. The van der Waals surface area contributed by atoms with Gasteiger partial charge in [-0.1, -0.05) is 30.3 Å². The number of hydrogen-bond donors (Lipinski definition) is 1. The molecule has 4 heteroatoms. The van der Waals surface area contributed by atoms with Gasteiger partial charge in [0.25, 0.3) is 0 Å². The van der Waals surface area contributed by atoms with Gasteiger partial charge in [-0.25, -0.2) is 0 Å². The summed E-state index contributed by atoms with van der Waals surface area (Å²) in [5, 5.41) is 0. The normalized spacial score (nSPS) is 16.4. The Hall–Kier alpha value is -1.39. The van der Waals surface area contributed by atoms with Crippen LogP contribution in [0, 0.1) is 0 Å². The van der Waals surface area contributed by atoms with E-state index in [1.165, 1.54) is 5.56 Å². The minimum atomic E-state index is 0.283. The summed E-state index contributed by atoms with van der Waals surface area (Å²) in [4.78, 5) is 16.4. The average molecular weight is 289 g/mol. The Kier molecular flexibility index (Phi) is 6.21. The highest BCUT2D eigenvalue weighted by molar-refractivity contribution is 5.76. The molecule has 1 heterocycles. The zero-order chi connectivity index (χ0) is 15.1. The first kappa shape index (κ1) is 16.0. The monoisotopic (exact) mass is 289 g/mol. The van der Waals surface area contributed by atoms with E-state index in [0.29, 0.717) is 6.42 Å². The molecule has 1 fully saturated rings. The molecule has 1 aliphatic heterocycles. The van der Waals surface area contributed by atoms with Crippen LogP contribution in [0.15, 0.2) is 30.3 Å². The van der Waals surface area contributed by atoms with Crippen molar-refractivity contribution < 1.29 is 4.79 Å². The van der Waals surface area contributed by atoms with Crippen LogP contribution < -0.4 is 5.73 Å². The number of carbonyl (C=O) groups is 1. The van der Waals surface area contributed by atoms with Gasteiger partial charge in [0.05, 0.1) is 0 Å². The molecule has 1 aliphatic rings. The molecular formula is C17H27N3O. The number of nitrogens with zero attached hydrogens (tertiary/aromatic N) is 2. The molecule has 1 amide bonds. The maximum Gasteiger partial charge on any atom is 0.222 e. The molecule has 2 N–H and O–H groups in total. The average Bonchev–Trinajstić information content (AvgIpc) is 2.49. The fraction of sp³-hybridized carbons (Fsp3) is 0.588. The van der Waals surface area contributed by atoms with Gasteiger partial charge in [0.2, 0.25) is 5.91 Å². The summed E-state index contributed by atoms with van der Waals surface area (Å²) in [6, 6.07) is 10.7. The number of hydrogen-bond acceptors (Lipinski definition) is 3. The predicted octanol–water partition coefficient (Wildman–Crippen LogP) is 1.85. The van der Waals surface area contributed by atoms with Gasteiger partial charge >= 0.3 is 0 Å². The number of carbonyl (C=O) groups excluding carboxylic acids is 1. The van der Waals surface area contributed by atoms with Crippen LogP contribution in [0.1, 0.15) is 31.2 Å². The number of benzene rings is 1. The first-order valence-electron chi connectivity index (χ1n) is 7.91. The van der Waals surface area contributed by atoms with Crippen LogP contribution in [0.2, 0.25) is 0 Å². The largest absolute Gasteiger partial charge is 0.343 e. The topological polar surface area (TPSA) is 49.6 Å². The first-order valence-corrected chi connectivity index (χ1v) is 7.91. The lowest BCUT2D eigenvalue weighted by Gasteiger charge is -2.30. The Bertz CT molecular complexity index is 427. The van der Waals surface area contributed by atoms with Gasteiger partial charge in [0, 0.05) is 32.1 Å². The summed E-state index contributed by atoms with van der Waals surface area (Å²) in [5.41, 5.74) is 7.18. The second-order valence-electron chi connectivity index (χ2n) is 6.05. The summed E-state index contributed by atoms with van der Waals surface area (Å²) in [6.45, 7) is 3.56. The molecule has 21 heavy (non-hydrogen) atoms. The van der Waals surface area contributed by atoms with Crippen molar-refractivity contribution in [1.29, 1.82) is 0 Å². The third-order valence-corrected chi connectivity index (χ3v) is 4.12. The SMILES string of the molecule is CN(CCCC(=O)N1CCC(N)CC1)Cc1ccccc1. The van der Waals surface area contributed by atoms with E-state index >= 15 is 0 Å². The molecule has 1 aromatic carbocycles. The highest BCUT2D eigenvalue weighted by atomic mass is 16.2. The molecule has 0 aliphatic carbocycles. The zero-order valence-electron chi connectivity index (χ0n) is 13.0. The van der Waals surface area contributed by atoms with Crippen molar-refractivity contribution in [2.75, 3.05) is 26.7 Å². The quantitative estimate of drug-likeness (QED) is 0.869. The van der Waals surface area contributed by atoms with Gasteiger partial charge < -0.3 is 15.5 Å². The number of rotatable bonds is 6. The smallest absolute Gasteiger partial charge is 0.222 e. The van der Waals surface area contributed by atoms with E-state index in [4.69, 9.17) is 5.73 Å². The van der Waals surface area contributed by atoms with Crippen LogP contribution in [0.3, 0.4) is 0 Å². The van der Waals surface area contributed by atoms with Gasteiger partial charge in [0.15, 0.2) is 0 Å². The molecule has 1 saturated heterocycles. The molecule has 0 saturated carbocycles. The maximum absolute atomic E-state index is 12.1. The molecule has 2 rings (SSSR count). The van der Waals surface area contributed by atoms with Crippen LogP contribution in [0.4, 0.5) is 0 Å². The summed E-state index contributed by atoms with van der Waals surface area (Å²) >= 11 is 0. The molecular weight excluding hydrogens is 262 g/mol. The van der Waals surface area contributed by atoms with Crippen LogP contribution in [0.25, 0.3) is 0 Å². The Labute approximate surface area is 127 Å². The van der Waals surface area contributed by atoms with Crippen LogP contribution in [0.5, 0.6) is 0 Å². The van der Waals surface area contributed by atoms with Gasteiger partial charge in [-0.3, -0.25) is 4.79 Å². The minimum Gasteiger partial charge on any atom is -0.343 e. The van der Waals surface area contributed by atoms with Crippen molar-refractivity contribution in [2.24, 2.45) is 5.73 Å². The van der Waals surface area contributed by atoms with Crippen molar-refractivity contribution in [3.05, 3.63) is 35.9 Å². The van der Waals surface area contributed by atoms with E-state index in [9.17, 15) is 4.79 Å². The Balaban J connectivity index is 1.63. The Morgan fingerprint density at radius 1 is 1.29 bits per heavy atom. The van der Waals surface area contributed by atoms with E-state index < -0.39 is 0 Å². The molecule has 116 valence electrons. The maximum atomic E-state index is 12.1. The van der Waals surface area contributed by atoms with Crippen molar-refractivity contribution in [1.82, 2.24) is 9.80 Å². The van der Waals surface area contributed by atoms with E-state index in [1.807, 2.05) is 11.0 Å². The summed E-state index contributed by atoms with van der Waals surface area (Å²) in [7, 11) is 2.11. The molecule has 0 aromatic heterocycles. The molecule has 0 atom stereocenters. The molecule has 0 spiro atoms. The Morgan fingerprint density at radius 2 is 1.95 bits per heavy atom. The fourth-order valence-corrected chi connectivity index (χ4v) is 2.78. The van der Waals surface area contributed by atoms with Gasteiger partial charge in [-0.2, -0.15) is 0 Å². The molecule has 0 radical (unpaired) electrons. The van der Waals surface area contributed by atoms with E-state index in [2.05, 4.69) is 36.2 Å². The summed E-state index contributed by atoms with van der Waals surface area (Å²) in [6.07, 6.45) is 3.46. The van der Waals surface area contributed by atoms with Crippen LogP contribution in [-0.4, -0.2) is 48.4 Å². The third-order valence-electron chi connectivity index (χ3n) is 4.12. The number of likely N-dealkylation sites (tertiary alicyclic amines) is 1. The second-order valence-corrected chi connectivity index (χ2v) is 6.05. The second kappa shape index (κ2) is 8.15. The van der Waals surface area contributed by atoms with E-state index in [1.54, 1.807) is 0 Å². The lowest BCUT2D eigenvalue weighted by atomic mass is 10.1. The van der Waals surface area contributed by atoms with Gasteiger partial charge in [0.1, 0.15) is 0 Å². The molecule has 0 unspecified atom stereocenters. The van der Waals surface area contributed by atoms with E-state index in [0.717, 1.165) is 45.4 Å². The Morgan fingerprint density at radius 3 is 2.62 bits per heavy atom. The molecule has 4 nitrogen and oxygen atoms in total. The highest BCUT2D eigenvalue weighted by Gasteiger charge is 2.19. The number of nitrogens with two attached hydrogens (primary N) is 1. The van der Waals surface area contributed by atoms with Crippen molar-refractivity contribution >= 4 is 5.91 Å². The molecule has 0 bridgehead atoms. The zero-order valence-corrected chi connectivity index (χ0v) is 13.0. The summed E-state index contributed by atoms with van der Waals surface area (Å²) in [5.74, 6) is 0.287. The van der Waals surface area contributed by atoms with Crippen molar-refractivity contribution in [3.8, 4) is 0 Å². The van der Waals surface area contributed by atoms with Gasteiger partial charge in [-0.15, -0.1) is 0 Å². The lowest BCUT2D eigenvalue weighted by Crippen LogP contribution is -2.42. The lowest BCUT2D eigenvalue weighted by molar-refractivity contribution is -0.132. The third kappa shape index (κ3) is 5.48. The summed E-state index contributed by atoms with van der Waals surface area (Å²) < 4.78 is 0. The predicted molar refractivity (Wildman–Crippen MR) is 85.8 cm³/mol. The number of amides is 1. The van der Waals surface area contributed by atoms with Crippen molar-refractivity contribution in [2.45, 2.75) is 38.3 Å². The van der Waals surface area contributed by atoms with Crippen LogP contribution in [-0.2, 0) is 11.3 Å².